The zero-order valence-corrected chi connectivity index (χ0v) is 11.2. The number of nitrogens with zero attached hydrogens (tertiary/aromatic N) is 3. The van der Waals surface area contributed by atoms with Crippen molar-refractivity contribution in [1.82, 2.24) is 14.8 Å². The molecule has 20 heavy (non-hydrogen) atoms. The maximum Gasteiger partial charge on any atom is 0.339 e. The molecule has 0 amide bonds. The van der Waals surface area contributed by atoms with Gasteiger partial charge in [0.25, 0.3) is 0 Å². The smallest absolute Gasteiger partial charge is 0.339 e. The lowest BCUT2D eigenvalue weighted by Gasteiger charge is -2.09. The van der Waals surface area contributed by atoms with Crippen LogP contribution in [0.1, 0.15) is 5.56 Å². The molecule has 0 aliphatic carbocycles. The van der Waals surface area contributed by atoms with Crippen molar-refractivity contribution in [3.63, 3.8) is 0 Å². The Labute approximate surface area is 116 Å². The zero-order valence-electron chi connectivity index (χ0n) is 10.4. The van der Waals surface area contributed by atoms with Gasteiger partial charge in [0.15, 0.2) is 11.0 Å². The molecule has 0 atom stereocenters. The Balaban J connectivity index is 2.48. The number of H-pyrrole nitrogens is 1. The van der Waals surface area contributed by atoms with E-state index in [9.17, 15) is 9.59 Å². The van der Waals surface area contributed by atoms with Gasteiger partial charge in [-0.1, -0.05) is 23.4 Å². The quantitative estimate of drug-likeness (QED) is 0.235. The number of nitrogens with one attached hydrogen (secondary N) is 1. The Bertz CT molecular complexity index is 780. The van der Waals surface area contributed by atoms with Crippen molar-refractivity contribution in [2.75, 3.05) is 0 Å². The summed E-state index contributed by atoms with van der Waals surface area (Å²) in [6.45, 7) is 0. The molecule has 0 spiro atoms. The van der Waals surface area contributed by atoms with Crippen LogP contribution in [0.5, 0.6) is 0 Å². The number of aromatic nitrogens is 3. The minimum atomic E-state index is -0.869. The topological polar surface area (TPSA) is 126 Å². The van der Waals surface area contributed by atoms with Crippen LogP contribution in [0.2, 0.25) is 0 Å². The van der Waals surface area contributed by atoms with E-state index >= 15 is 0 Å². The highest BCUT2D eigenvalue weighted by atomic mass is 32.2. The Kier molecular flexibility index (Phi) is 3.89. The maximum absolute atomic E-state index is 11.3. The first-order chi connectivity index (χ1) is 9.52. The molecule has 9 heteroatoms. The van der Waals surface area contributed by atoms with Gasteiger partial charge in [-0.25, -0.2) is 0 Å². The van der Waals surface area contributed by atoms with Gasteiger partial charge in [0.05, 0.1) is 0 Å². The van der Waals surface area contributed by atoms with E-state index in [1.54, 1.807) is 31.3 Å². The molecular formula is C11H11N5O3S. The van der Waals surface area contributed by atoms with Crippen LogP contribution in [-0.4, -0.2) is 25.8 Å². The monoisotopic (exact) mass is 293 g/mol. The highest BCUT2D eigenvalue weighted by molar-refractivity contribution is 7.99. The van der Waals surface area contributed by atoms with Gasteiger partial charge in [-0.05, 0) is 17.8 Å². The number of aromatic amines is 1. The molecule has 0 bridgehead atoms. The van der Waals surface area contributed by atoms with Crippen molar-refractivity contribution in [3.05, 3.63) is 50.5 Å². The summed E-state index contributed by atoms with van der Waals surface area (Å²) in [7, 11) is 1.56. The van der Waals surface area contributed by atoms with Gasteiger partial charge < -0.3 is 10.9 Å². The Morgan fingerprint density at radius 3 is 2.85 bits per heavy atom. The zero-order chi connectivity index (χ0) is 14.7. The number of hydrogen-bond acceptors (Lipinski definition) is 6. The standard InChI is InChI=1S/C11H11N5O3S/c1-16-11(13-9(17)10(18)14-16)20-7-5-3-2-4-6(7)8(12)15-19/h2-5,19H,1H3,(H2,12,15)(H,14,18). The third-order valence-corrected chi connectivity index (χ3v) is 3.54. The first kappa shape index (κ1) is 13.9. The number of nitrogens with two attached hydrogens (primary N) is 1. The summed E-state index contributed by atoms with van der Waals surface area (Å²) >= 11 is 1.12. The average Bonchev–Trinajstić information content (AvgIpc) is 2.44. The van der Waals surface area contributed by atoms with E-state index in [2.05, 4.69) is 15.2 Å². The molecule has 104 valence electrons. The summed E-state index contributed by atoms with van der Waals surface area (Å²) in [4.78, 5) is 26.7. The lowest BCUT2D eigenvalue weighted by molar-refractivity contribution is 0.318. The Morgan fingerprint density at radius 2 is 2.15 bits per heavy atom. The lowest BCUT2D eigenvalue weighted by Crippen LogP contribution is -2.33. The van der Waals surface area contributed by atoms with Crippen molar-refractivity contribution < 1.29 is 5.21 Å². The molecule has 0 fully saturated rings. The number of hydrogen-bond donors (Lipinski definition) is 3. The second kappa shape index (κ2) is 5.61. The summed E-state index contributed by atoms with van der Waals surface area (Å²) in [5.41, 5.74) is 4.42. The fourth-order valence-corrected chi connectivity index (χ4v) is 2.41. The second-order valence-electron chi connectivity index (χ2n) is 3.78. The molecule has 0 saturated carbocycles. The number of benzene rings is 1. The van der Waals surface area contributed by atoms with Crippen LogP contribution in [0.25, 0.3) is 0 Å². The van der Waals surface area contributed by atoms with Crippen LogP contribution in [-0.2, 0) is 7.05 Å². The van der Waals surface area contributed by atoms with Crippen molar-refractivity contribution in [1.29, 1.82) is 0 Å². The van der Waals surface area contributed by atoms with Gasteiger partial charge in [0.1, 0.15) is 0 Å². The predicted octanol–water partition coefficient (Wildman–Crippen LogP) is -0.286. The molecule has 0 radical (unpaired) electrons. The maximum atomic E-state index is 11.3. The van der Waals surface area contributed by atoms with Gasteiger partial charge in [-0.3, -0.25) is 19.4 Å². The van der Waals surface area contributed by atoms with Crippen LogP contribution in [0.15, 0.2) is 49.1 Å². The molecule has 8 nitrogen and oxygen atoms in total. The van der Waals surface area contributed by atoms with E-state index in [4.69, 9.17) is 10.9 Å². The summed E-state index contributed by atoms with van der Waals surface area (Å²) < 4.78 is 1.33. The van der Waals surface area contributed by atoms with Gasteiger partial charge in [0, 0.05) is 17.5 Å². The molecule has 0 aliphatic heterocycles. The first-order valence-electron chi connectivity index (χ1n) is 5.45. The Hall–Kier alpha value is -2.55. The van der Waals surface area contributed by atoms with Gasteiger partial charge in [0.2, 0.25) is 0 Å². The number of oxime groups is 1. The summed E-state index contributed by atoms with van der Waals surface area (Å²) in [6.07, 6.45) is 0. The van der Waals surface area contributed by atoms with Gasteiger partial charge in [-0.15, -0.1) is 0 Å². The molecule has 1 aromatic heterocycles. The molecule has 1 heterocycles. The summed E-state index contributed by atoms with van der Waals surface area (Å²) in [5.74, 6) is -0.0532. The van der Waals surface area contributed by atoms with E-state index in [0.717, 1.165) is 11.8 Å². The van der Waals surface area contributed by atoms with E-state index in [0.29, 0.717) is 10.5 Å². The Morgan fingerprint density at radius 1 is 1.45 bits per heavy atom. The normalized spacial score (nSPS) is 11.6. The van der Waals surface area contributed by atoms with Crippen LogP contribution in [0.4, 0.5) is 0 Å². The second-order valence-corrected chi connectivity index (χ2v) is 4.79. The molecule has 1 aromatic carbocycles. The number of amidine groups is 1. The van der Waals surface area contributed by atoms with Crippen molar-refractivity contribution in [3.8, 4) is 0 Å². The fraction of sp³-hybridized carbons (Fsp3) is 0.0909. The molecular weight excluding hydrogens is 282 g/mol. The fourth-order valence-electron chi connectivity index (χ4n) is 1.47. The van der Waals surface area contributed by atoms with Crippen LogP contribution >= 0.6 is 11.8 Å². The van der Waals surface area contributed by atoms with Gasteiger partial charge in [-0.2, -0.15) is 4.98 Å². The largest absolute Gasteiger partial charge is 0.409 e. The predicted molar refractivity (Wildman–Crippen MR) is 73.2 cm³/mol. The minimum absolute atomic E-state index is 0.0532. The molecule has 0 unspecified atom stereocenters. The average molecular weight is 293 g/mol. The lowest BCUT2D eigenvalue weighted by atomic mass is 10.2. The molecule has 2 aromatic rings. The van der Waals surface area contributed by atoms with E-state index < -0.39 is 11.1 Å². The first-order valence-corrected chi connectivity index (χ1v) is 6.26. The molecule has 2 rings (SSSR count). The molecule has 4 N–H and O–H groups in total. The molecule has 0 aliphatic rings. The number of aryl methyl sites for hydroxylation is 1. The SMILES string of the molecule is Cn1[nH]c(=O)c(=O)nc1Sc1ccccc1/C(N)=N/O. The van der Waals surface area contributed by atoms with Crippen LogP contribution in [0, 0.1) is 0 Å². The summed E-state index contributed by atoms with van der Waals surface area (Å²) in [5, 5.41) is 14.3. The molecule has 0 saturated heterocycles. The highest BCUT2D eigenvalue weighted by Crippen LogP contribution is 2.27. The third kappa shape index (κ3) is 2.72. The van der Waals surface area contributed by atoms with Crippen molar-refractivity contribution in [2.24, 2.45) is 17.9 Å². The van der Waals surface area contributed by atoms with Gasteiger partial charge >= 0.3 is 11.1 Å². The van der Waals surface area contributed by atoms with Crippen molar-refractivity contribution >= 4 is 17.6 Å². The van der Waals surface area contributed by atoms with E-state index in [-0.39, 0.29) is 11.0 Å². The van der Waals surface area contributed by atoms with E-state index in [1.165, 1.54) is 4.68 Å². The minimum Gasteiger partial charge on any atom is -0.409 e. The van der Waals surface area contributed by atoms with Crippen molar-refractivity contribution in [2.45, 2.75) is 10.1 Å². The van der Waals surface area contributed by atoms with E-state index in [1.807, 2.05) is 0 Å². The number of rotatable bonds is 3. The van der Waals surface area contributed by atoms with Crippen LogP contribution < -0.4 is 16.9 Å². The summed E-state index contributed by atoms with van der Waals surface area (Å²) in [6, 6.07) is 6.90. The third-order valence-electron chi connectivity index (χ3n) is 2.42. The highest BCUT2D eigenvalue weighted by Gasteiger charge is 2.11. The van der Waals surface area contributed by atoms with Crippen LogP contribution in [0.3, 0.4) is 0 Å².